The van der Waals surface area contributed by atoms with Gasteiger partial charge in [0.25, 0.3) is 0 Å². The molecule has 0 fully saturated rings. The summed E-state index contributed by atoms with van der Waals surface area (Å²) in [5, 5.41) is 6.83. The number of ether oxygens (including phenoxy) is 1. The molecule has 0 atom stereocenters. The molecule has 0 spiro atoms. The lowest BCUT2D eigenvalue weighted by molar-refractivity contribution is 0.340. The maximum Gasteiger partial charge on any atom is 0.218 e. The van der Waals surface area contributed by atoms with Gasteiger partial charge in [-0.3, -0.25) is 0 Å². The van der Waals surface area contributed by atoms with Crippen LogP contribution in [0.4, 0.5) is 0 Å². The summed E-state index contributed by atoms with van der Waals surface area (Å²) in [5.74, 6) is 1.37. The number of benzene rings is 1. The van der Waals surface area contributed by atoms with Crippen molar-refractivity contribution >= 4 is 11.6 Å². The minimum atomic E-state index is 0.284. The highest BCUT2D eigenvalue weighted by Crippen LogP contribution is 2.21. The van der Waals surface area contributed by atoms with Crippen molar-refractivity contribution in [2.24, 2.45) is 0 Å². The van der Waals surface area contributed by atoms with Gasteiger partial charge in [-0.15, -0.1) is 0 Å². The maximum atomic E-state index is 5.65. The lowest BCUT2D eigenvalue weighted by Gasteiger charge is -2.03. The van der Waals surface area contributed by atoms with Crippen molar-refractivity contribution in [3.05, 3.63) is 29.5 Å². The number of halogens is 1. The Labute approximate surface area is 92.3 Å². The predicted octanol–water partition coefficient (Wildman–Crippen LogP) is 2.52. The van der Waals surface area contributed by atoms with Crippen LogP contribution in [0.25, 0.3) is 11.4 Å². The molecule has 2 rings (SSSR count). The van der Waals surface area contributed by atoms with Crippen molar-refractivity contribution in [1.29, 1.82) is 0 Å². The fourth-order valence-electron chi connectivity index (χ4n) is 1.26. The van der Waals surface area contributed by atoms with Crippen LogP contribution in [0.3, 0.4) is 0 Å². The zero-order valence-corrected chi connectivity index (χ0v) is 8.95. The Hall–Kier alpha value is -1.55. The summed E-state index contributed by atoms with van der Waals surface area (Å²) < 4.78 is 5.38. The van der Waals surface area contributed by atoms with Gasteiger partial charge >= 0.3 is 0 Å². The summed E-state index contributed by atoms with van der Waals surface area (Å²) >= 11 is 5.65. The maximum absolute atomic E-state index is 5.65. The van der Waals surface area contributed by atoms with Crippen molar-refractivity contribution in [2.75, 3.05) is 6.61 Å². The van der Waals surface area contributed by atoms with E-state index in [1.807, 2.05) is 31.2 Å². The Morgan fingerprint density at radius 2 is 2.33 bits per heavy atom. The molecule has 15 heavy (non-hydrogen) atoms. The Morgan fingerprint density at radius 3 is 3.00 bits per heavy atom. The van der Waals surface area contributed by atoms with E-state index in [-0.39, 0.29) is 5.28 Å². The van der Waals surface area contributed by atoms with Gasteiger partial charge in [0.05, 0.1) is 6.61 Å². The number of aromatic amines is 1. The van der Waals surface area contributed by atoms with Crippen LogP contribution in [-0.2, 0) is 0 Å². The second-order valence-electron chi connectivity index (χ2n) is 2.91. The second kappa shape index (κ2) is 4.31. The van der Waals surface area contributed by atoms with Gasteiger partial charge in [-0.1, -0.05) is 12.1 Å². The van der Waals surface area contributed by atoms with E-state index in [1.54, 1.807) is 0 Å². The van der Waals surface area contributed by atoms with Crippen LogP contribution in [0, 0.1) is 0 Å². The highest BCUT2D eigenvalue weighted by atomic mass is 35.5. The average Bonchev–Trinajstić information content (AvgIpc) is 2.66. The third kappa shape index (κ3) is 2.27. The standard InChI is InChI=1S/C10H10ClN3O/c1-2-15-8-5-3-4-7(6-8)9-12-10(11)14-13-9/h3-6H,2H2,1H3,(H,12,13,14). The van der Waals surface area contributed by atoms with Crippen LogP contribution in [0.15, 0.2) is 24.3 Å². The topological polar surface area (TPSA) is 50.8 Å². The molecular weight excluding hydrogens is 214 g/mol. The quantitative estimate of drug-likeness (QED) is 0.870. The third-order valence-corrected chi connectivity index (χ3v) is 2.03. The fourth-order valence-corrected chi connectivity index (χ4v) is 1.39. The first-order valence-electron chi connectivity index (χ1n) is 4.60. The highest BCUT2D eigenvalue weighted by Gasteiger charge is 2.05. The minimum absolute atomic E-state index is 0.284. The van der Waals surface area contributed by atoms with E-state index in [4.69, 9.17) is 16.3 Å². The minimum Gasteiger partial charge on any atom is -0.494 e. The summed E-state index contributed by atoms with van der Waals surface area (Å²) in [6, 6.07) is 7.57. The van der Waals surface area contributed by atoms with Gasteiger partial charge < -0.3 is 4.74 Å². The lowest BCUT2D eigenvalue weighted by Crippen LogP contribution is -1.91. The molecule has 0 saturated carbocycles. The SMILES string of the molecule is CCOc1cccc(-c2n[nH]c(Cl)n2)c1. The van der Waals surface area contributed by atoms with E-state index in [0.717, 1.165) is 11.3 Å². The number of rotatable bonds is 3. The Bertz CT molecular complexity index is 455. The third-order valence-electron chi connectivity index (χ3n) is 1.86. The molecule has 0 bridgehead atoms. The molecule has 1 heterocycles. The van der Waals surface area contributed by atoms with Gasteiger partial charge in [-0.2, -0.15) is 10.1 Å². The predicted molar refractivity (Wildman–Crippen MR) is 58.0 cm³/mol. The number of nitrogens with one attached hydrogen (secondary N) is 1. The summed E-state index contributed by atoms with van der Waals surface area (Å²) in [4.78, 5) is 4.03. The largest absolute Gasteiger partial charge is 0.494 e. The first-order valence-corrected chi connectivity index (χ1v) is 4.98. The van der Waals surface area contributed by atoms with E-state index >= 15 is 0 Å². The van der Waals surface area contributed by atoms with Crippen LogP contribution in [0.1, 0.15) is 6.92 Å². The normalized spacial score (nSPS) is 10.3. The lowest BCUT2D eigenvalue weighted by atomic mass is 10.2. The van der Waals surface area contributed by atoms with Crippen molar-refractivity contribution in [2.45, 2.75) is 6.92 Å². The molecule has 0 amide bonds. The van der Waals surface area contributed by atoms with Crippen molar-refractivity contribution in [3.63, 3.8) is 0 Å². The molecule has 0 radical (unpaired) electrons. The average molecular weight is 224 g/mol. The number of aromatic nitrogens is 3. The molecule has 5 heteroatoms. The molecule has 0 aliphatic carbocycles. The number of H-pyrrole nitrogens is 1. The molecular formula is C10H10ClN3O. The van der Waals surface area contributed by atoms with Crippen LogP contribution in [0.5, 0.6) is 5.75 Å². The second-order valence-corrected chi connectivity index (χ2v) is 3.27. The van der Waals surface area contributed by atoms with Crippen molar-refractivity contribution < 1.29 is 4.74 Å². The zero-order chi connectivity index (χ0) is 10.7. The zero-order valence-electron chi connectivity index (χ0n) is 8.20. The monoisotopic (exact) mass is 223 g/mol. The summed E-state index contributed by atoms with van der Waals surface area (Å²) in [6.45, 7) is 2.58. The molecule has 1 aromatic carbocycles. The van der Waals surface area contributed by atoms with Crippen LogP contribution in [-0.4, -0.2) is 21.8 Å². The van der Waals surface area contributed by atoms with Crippen LogP contribution >= 0.6 is 11.6 Å². The first-order chi connectivity index (χ1) is 7.29. The van der Waals surface area contributed by atoms with Gasteiger partial charge in [0.1, 0.15) is 5.75 Å². The molecule has 78 valence electrons. The summed E-state index contributed by atoms with van der Waals surface area (Å²) in [5.41, 5.74) is 0.879. The van der Waals surface area contributed by atoms with Crippen molar-refractivity contribution in [1.82, 2.24) is 15.2 Å². The Kier molecular flexibility index (Phi) is 2.87. The van der Waals surface area contributed by atoms with Gasteiger partial charge in [0.15, 0.2) is 5.82 Å². The van der Waals surface area contributed by atoms with Gasteiger partial charge in [0, 0.05) is 5.56 Å². The Morgan fingerprint density at radius 1 is 1.47 bits per heavy atom. The van der Waals surface area contributed by atoms with Crippen LogP contribution in [0.2, 0.25) is 5.28 Å². The molecule has 0 unspecified atom stereocenters. The molecule has 1 aromatic heterocycles. The smallest absolute Gasteiger partial charge is 0.218 e. The molecule has 1 N–H and O–H groups in total. The van der Waals surface area contributed by atoms with Crippen LogP contribution < -0.4 is 4.74 Å². The molecule has 0 aliphatic rings. The Balaban J connectivity index is 2.32. The molecule has 2 aromatic rings. The number of hydrogen-bond donors (Lipinski definition) is 1. The molecule has 4 nitrogen and oxygen atoms in total. The van der Waals surface area contributed by atoms with E-state index < -0.39 is 0 Å². The highest BCUT2D eigenvalue weighted by molar-refractivity contribution is 6.28. The van der Waals surface area contributed by atoms with E-state index in [1.165, 1.54) is 0 Å². The van der Waals surface area contributed by atoms with E-state index in [9.17, 15) is 0 Å². The van der Waals surface area contributed by atoms with Gasteiger partial charge in [-0.05, 0) is 30.7 Å². The van der Waals surface area contributed by atoms with E-state index in [2.05, 4.69) is 15.2 Å². The summed E-state index contributed by atoms with van der Waals surface area (Å²) in [7, 11) is 0. The fraction of sp³-hybridized carbons (Fsp3) is 0.200. The molecule has 0 aliphatic heterocycles. The number of nitrogens with zero attached hydrogens (tertiary/aromatic N) is 2. The first kappa shape index (κ1) is 9.98. The van der Waals surface area contributed by atoms with Crippen molar-refractivity contribution in [3.8, 4) is 17.1 Å². The van der Waals surface area contributed by atoms with E-state index in [0.29, 0.717) is 12.4 Å². The van der Waals surface area contributed by atoms with Gasteiger partial charge in [0.2, 0.25) is 5.28 Å². The van der Waals surface area contributed by atoms with Gasteiger partial charge in [-0.25, -0.2) is 5.10 Å². The number of hydrogen-bond acceptors (Lipinski definition) is 3. The summed E-state index contributed by atoms with van der Waals surface area (Å²) in [6.07, 6.45) is 0. The molecule has 0 saturated heterocycles.